The largest absolute Gasteiger partial charge is 0.623 e. The average molecular weight is 385 g/mol. The highest BCUT2D eigenvalue weighted by molar-refractivity contribution is 6.31. The molecule has 0 amide bonds. The van der Waals surface area contributed by atoms with Crippen molar-refractivity contribution in [2.45, 2.75) is 20.8 Å². The van der Waals surface area contributed by atoms with Crippen LogP contribution in [0.25, 0.3) is 0 Å². The number of nitrogens with zero attached hydrogens (tertiary/aromatic N) is 2. The van der Waals surface area contributed by atoms with Crippen molar-refractivity contribution in [2.24, 2.45) is 10.4 Å². The zero-order valence-corrected chi connectivity index (χ0v) is 16.3. The lowest BCUT2D eigenvalue weighted by Crippen LogP contribution is -2.39. The molecule has 140 valence electrons. The normalized spacial score (nSPS) is 14.3. The fourth-order valence-corrected chi connectivity index (χ4v) is 3.16. The zero-order valence-electron chi connectivity index (χ0n) is 15.5. The fourth-order valence-electron chi connectivity index (χ4n) is 2.99. The highest BCUT2D eigenvalue weighted by atomic mass is 35.5. The van der Waals surface area contributed by atoms with Gasteiger partial charge in [-0.2, -0.15) is 4.74 Å². The van der Waals surface area contributed by atoms with Crippen molar-refractivity contribution in [1.29, 1.82) is 0 Å². The predicted octanol–water partition coefficient (Wildman–Crippen LogP) is 4.36. The van der Waals surface area contributed by atoms with Crippen LogP contribution in [0.3, 0.4) is 0 Å². The van der Waals surface area contributed by atoms with Crippen molar-refractivity contribution in [1.82, 2.24) is 0 Å². The van der Waals surface area contributed by atoms with Crippen molar-refractivity contribution in [3.05, 3.63) is 69.9 Å². The molecule has 0 spiro atoms. The van der Waals surface area contributed by atoms with E-state index < -0.39 is 11.4 Å². The summed E-state index contributed by atoms with van der Waals surface area (Å²) in [5.41, 5.74) is 1.91. The van der Waals surface area contributed by atoms with E-state index in [1.54, 1.807) is 39.0 Å². The Hall–Kier alpha value is -2.66. The van der Waals surface area contributed by atoms with E-state index in [1.165, 1.54) is 0 Å². The first-order valence-corrected chi connectivity index (χ1v) is 9.14. The molecular formula is C21H21ClN2O3. The van der Waals surface area contributed by atoms with Crippen molar-refractivity contribution in [3.8, 4) is 0 Å². The van der Waals surface area contributed by atoms with E-state index in [0.29, 0.717) is 27.7 Å². The number of hydroxylamine groups is 1. The predicted molar refractivity (Wildman–Crippen MR) is 107 cm³/mol. The van der Waals surface area contributed by atoms with Gasteiger partial charge in [0, 0.05) is 10.6 Å². The molecule has 0 aliphatic carbocycles. The number of hydrogen-bond acceptors (Lipinski definition) is 4. The molecule has 0 saturated heterocycles. The number of fused-ring (bicyclic) bond motifs is 1. The van der Waals surface area contributed by atoms with Gasteiger partial charge in [-0.15, -0.1) is 0 Å². The zero-order chi connectivity index (χ0) is 19.6. The van der Waals surface area contributed by atoms with Crippen LogP contribution in [-0.2, 0) is 9.53 Å². The lowest BCUT2D eigenvalue weighted by molar-refractivity contribution is -0.439. The minimum atomic E-state index is -1.03. The summed E-state index contributed by atoms with van der Waals surface area (Å²) in [5.74, 6) is -0.407. The molecule has 27 heavy (non-hydrogen) atoms. The number of carbonyl (C=O) groups is 1. The highest BCUT2D eigenvalue weighted by Crippen LogP contribution is 2.32. The maximum atomic E-state index is 13.1. The van der Waals surface area contributed by atoms with Crippen LogP contribution in [-0.4, -0.2) is 35.3 Å². The molecule has 1 aliphatic rings. The Kier molecular flexibility index (Phi) is 5.33. The van der Waals surface area contributed by atoms with Crippen LogP contribution in [0.5, 0.6) is 0 Å². The summed E-state index contributed by atoms with van der Waals surface area (Å²) in [4.78, 5) is 17.1. The van der Waals surface area contributed by atoms with E-state index in [-0.39, 0.29) is 13.2 Å². The van der Waals surface area contributed by atoms with Crippen molar-refractivity contribution in [3.63, 3.8) is 0 Å². The number of aliphatic imine (C=N–C) groups is 1. The second kappa shape index (κ2) is 7.53. The Labute approximate surface area is 163 Å². The van der Waals surface area contributed by atoms with Crippen LogP contribution in [0.1, 0.15) is 31.9 Å². The summed E-state index contributed by atoms with van der Waals surface area (Å²) in [7, 11) is 0. The van der Waals surface area contributed by atoms with Gasteiger partial charge in [0.05, 0.1) is 17.9 Å². The van der Waals surface area contributed by atoms with E-state index in [0.717, 1.165) is 10.3 Å². The average Bonchev–Trinajstić information content (AvgIpc) is 2.78. The molecule has 6 heteroatoms. The number of benzene rings is 2. The van der Waals surface area contributed by atoms with Gasteiger partial charge in [0.15, 0.2) is 6.54 Å². The van der Waals surface area contributed by atoms with Crippen LogP contribution in [0, 0.1) is 10.6 Å². The first kappa shape index (κ1) is 19.1. The number of rotatable bonds is 4. The van der Waals surface area contributed by atoms with Crippen LogP contribution in [0.15, 0.2) is 53.5 Å². The third kappa shape index (κ3) is 3.74. The first-order chi connectivity index (χ1) is 12.8. The molecule has 0 bridgehead atoms. The number of esters is 1. The molecule has 1 heterocycles. The summed E-state index contributed by atoms with van der Waals surface area (Å²) in [5, 5.41) is 13.6. The van der Waals surface area contributed by atoms with E-state index in [2.05, 4.69) is 4.99 Å². The lowest BCUT2D eigenvalue weighted by Gasteiger charge is -2.23. The standard InChI is InChI=1S/C21H21ClN2O3/c1-4-27-20(25)21(2,3)18-13-24(26)19(14-8-6-5-7-9-14)16-12-15(22)10-11-17(16)23-18/h5-12H,4,13H2,1-3H3. The second-order valence-electron chi connectivity index (χ2n) is 6.82. The number of halogens is 1. The Morgan fingerprint density at radius 1 is 1.26 bits per heavy atom. The molecule has 0 atom stereocenters. The molecule has 0 aromatic heterocycles. The molecule has 2 aromatic carbocycles. The molecule has 5 nitrogen and oxygen atoms in total. The van der Waals surface area contributed by atoms with Gasteiger partial charge in [0.2, 0.25) is 5.71 Å². The molecule has 3 rings (SSSR count). The topological polar surface area (TPSA) is 64.7 Å². The van der Waals surface area contributed by atoms with Crippen molar-refractivity contribution >= 4 is 34.7 Å². The second-order valence-corrected chi connectivity index (χ2v) is 7.25. The van der Waals surface area contributed by atoms with Gasteiger partial charge in [0.25, 0.3) is 0 Å². The van der Waals surface area contributed by atoms with E-state index >= 15 is 0 Å². The van der Waals surface area contributed by atoms with Gasteiger partial charge in [-0.1, -0.05) is 29.8 Å². The molecule has 1 aliphatic heterocycles. The molecule has 0 unspecified atom stereocenters. The van der Waals surface area contributed by atoms with Crippen LogP contribution >= 0.6 is 11.6 Å². The summed E-state index contributed by atoms with van der Waals surface area (Å²) in [6, 6.07) is 14.6. The van der Waals surface area contributed by atoms with Crippen molar-refractivity contribution in [2.75, 3.05) is 13.2 Å². The Bertz CT molecular complexity index is 934. The summed E-state index contributed by atoms with van der Waals surface area (Å²) in [6.07, 6.45) is 0. The molecule has 0 radical (unpaired) electrons. The Morgan fingerprint density at radius 2 is 1.96 bits per heavy atom. The third-order valence-corrected chi connectivity index (χ3v) is 4.80. The minimum absolute atomic E-state index is 0.0393. The third-order valence-electron chi connectivity index (χ3n) is 4.57. The Balaban J connectivity index is 2.20. The molecule has 2 aromatic rings. The molecule has 0 saturated carbocycles. The molecule has 0 N–H and O–H groups in total. The van der Waals surface area contributed by atoms with E-state index in [9.17, 15) is 10.0 Å². The minimum Gasteiger partial charge on any atom is -0.623 e. The number of ether oxygens (including phenoxy) is 1. The van der Waals surface area contributed by atoms with E-state index in [4.69, 9.17) is 16.3 Å². The SMILES string of the molecule is CCOC(=O)C(C)(C)C1=Nc2ccc(Cl)cc2C(c2ccccc2)=[N+]([O-])C1. The van der Waals surface area contributed by atoms with Gasteiger partial charge in [-0.25, -0.2) is 4.99 Å². The highest BCUT2D eigenvalue weighted by Gasteiger charge is 2.39. The van der Waals surface area contributed by atoms with Crippen LogP contribution < -0.4 is 0 Å². The maximum absolute atomic E-state index is 13.1. The first-order valence-electron chi connectivity index (χ1n) is 8.76. The van der Waals surface area contributed by atoms with Crippen molar-refractivity contribution < 1.29 is 14.3 Å². The van der Waals surface area contributed by atoms with Gasteiger partial charge in [-0.05, 0) is 51.1 Å². The fraction of sp³-hybridized carbons (Fsp3) is 0.286. The van der Waals surface area contributed by atoms with Gasteiger partial charge in [0.1, 0.15) is 11.1 Å². The summed E-state index contributed by atoms with van der Waals surface area (Å²) >= 11 is 6.19. The summed E-state index contributed by atoms with van der Waals surface area (Å²) < 4.78 is 6.06. The van der Waals surface area contributed by atoms with Gasteiger partial charge < -0.3 is 9.94 Å². The molecular weight excluding hydrogens is 364 g/mol. The van der Waals surface area contributed by atoms with E-state index in [1.807, 2.05) is 30.3 Å². The number of hydrogen-bond donors (Lipinski definition) is 0. The Morgan fingerprint density at radius 3 is 2.63 bits per heavy atom. The monoisotopic (exact) mass is 384 g/mol. The summed E-state index contributed by atoms with van der Waals surface area (Å²) in [6.45, 7) is 5.43. The van der Waals surface area contributed by atoms with Gasteiger partial charge >= 0.3 is 5.97 Å². The van der Waals surface area contributed by atoms with Crippen LogP contribution in [0.4, 0.5) is 5.69 Å². The smallest absolute Gasteiger partial charge is 0.317 e. The van der Waals surface area contributed by atoms with Crippen LogP contribution in [0.2, 0.25) is 5.02 Å². The molecule has 0 fully saturated rings. The quantitative estimate of drug-likeness (QED) is 0.447. The lowest BCUT2D eigenvalue weighted by atomic mass is 9.87. The van der Waals surface area contributed by atoms with Gasteiger partial charge in [-0.3, -0.25) is 4.79 Å². The maximum Gasteiger partial charge on any atom is 0.317 e. The number of carbonyl (C=O) groups excluding carboxylic acids is 1.